The molecular formula is C15H17NO3. The highest BCUT2D eigenvalue weighted by atomic mass is 16.5. The number of carboxylic acids is 1. The van der Waals surface area contributed by atoms with Crippen molar-refractivity contribution in [3.05, 3.63) is 29.5 Å². The van der Waals surface area contributed by atoms with Gasteiger partial charge in [-0.2, -0.15) is 0 Å². The van der Waals surface area contributed by atoms with E-state index < -0.39 is 5.97 Å². The first kappa shape index (κ1) is 12.1. The number of H-pyrrole nitrogens is 1. The van der Waals surface area contributed by atoms with Gasteiger partial charge in [0.05, 0.1) is 19.0 Å². The molecule has 4 heteroatoms. The molecule has 1 aromatic carbocycles. The normalized spacial score (nSPS) is 16.5. The molecule has 0 aliphatic heterocycles. The van der Waals surface area contributed by atoms with Crippen molar-refractivity contribution in [3.8, 4) is 5.75 Å². The number of aryl methyl sites for hydroxylation is 1. The maximum absolute atomic E-state index is 11.0. The van der Waals surface area contributed by atoms with Crippen LogP contribution in [0.3, 0.4) is 0 Å². The quantitative estimate of drug-likeness (QED) is 0.887. The molecule has 100 valence electrons. The van der Waals surface area contributed by atoms with Crippen molar-refractivity contribution in [2.24, 2.45) is 0 Å². The van der Waals surface area contributed by atoms with E-state index >= 15 is 0 Å². The molecule has 3 rings (SSSR count). The van der Waals surface area contributed by atoms with E-state index in [1.165, 1.54) is 0 Å². The Hall–Kier alpha value is -1.97. The lowest BCUT2D eigenvalue weighted by Gasteiger charge is -2.15. The zero-order valence-electron chi connectivity index (χ0n) is 11.1. The average molecular weight is 259 g/mol. The SMILES string of the molecule is COc1cc(C2(CC(=O)O)CC2)cc2c(C)c[nH]c12. The summed E-state index contributed by atoms with van der Waals surface area (Å²) >= 11 is 0. The number of ether oxygens (including phenoxy) is 1. The fraction of sp³-hybridized carbons (Fsp3) is 0.400. The van der Waals surface area contributed by atoms with Crippen molar-refractivity contribution in [1.29, 1.82) is 0 Å². The van der Waals surface area contributed by atoms with E-state index in [9.17, 15) is 4.79 Å². The van der Waals surface area contributed by atoms with Crippen LogP contribution in [0.5, 0.6) is 5.75 Å². The zero-order valence-corrected chi connectivity index (χ0v) is 11.1. The standard InChI is InChI=1S/C15H17NO3/c1-9-8-16-14-11(9)5-10(6-12(14)19-2)15(3-4-15)7-13(17)18/h5-6,8,16H,3-4,7H2,1-2H3,(H,17,18). The molecule has 0 spiro atoms. The minimum absolute atomic E-state index is 0.184. The monoisotopic (exact) mass is 259 g/mol. The summed E-state index contributed by atoms with van der Waals surface area (Å²) in [5.41, 5.74) is 3.04. The molecule has 1 aromatic heterocycles. The number of fused-ring (bicyclic) bond motifs is 1. The summed E-state index contributed by atoms with van der Waals surface area (Å²) in [5, 5.41) is 10.2. The maximum atomic E-state index is 11.0. The van der Waals surface area contributed by atoms with Crippen LogP contribution in [0.4, 0.5) is 0 Å². The number of rotatable bonds is 4. The second kappa shape index (κ2) is 4.02. The highest BCUT2D eigenvalue weighted by Crippen LogP contribution is 2.52. The molecular weight excluding hydrogens is 242 g/mol. The minimum Gasteiger partial charge on any atom is -0.495 e. The van der Waals surface area contributed by atoms with E-state index in [1.54, 1.807) is 7.11 Å². The van der Waals surface area contributed by atoms with Crippen LogP contribution in [0.25, 0.3) is 10.9 Å². The van der Waals surface area contributed by atoms with E-state index in [2.05, 4.69) is 11.1 Å². The Labute approximate surface area is 111 Å². The Morgan fingerprint density at radius 3 is 2.79 bits per heavy atom. The molecule has 4 nitrogen and oxygen atoms in total. The van der Waals surface area contributed by atoms with Gasteiger partial charge in [-0.1, -0.05) is 0 Å². The highest BCUT2D eigenvalue weighted by molar-refractivity contribution is 5.89. The number of hydrogen-bond acceptors (Lipinski definition) is 2. The number of hydrogen-bond donors (Lipinski definition) is 2. The number of aromatic amines is 1. The van der Waals surface area contributed by atoms with Crippen molar-refractivity contribution < 1.29 is 14.6 Å². The molecule has 0 amide bonds. The first-order valence-electron chi connectivity index (χ1n) is 6.44. The van der Waals surface area contributed by atoms with Gasteiger partial charge in [-0.25, -0.2) is 0 Å². The van der Waals surface area contributed by atoms with E-state index in [0.29, 0.717) is 0 Å². The van der Waals surface area contributed by atoms with Gasteiger partial charge in [-0.3, -0.25) is 4.79 Å². The molecule has 0 radical (unpaired) electrons. The third-order valence-corrected chi connectivity index (χ3v) is 4.14. The van der Waals surface area contributed by atoms with Crippen LogP contribution >= 0.6 is 0 Å². The van der Waals surface area contributed by atoms with Gasteiger partial charge in [0.1, 0.15) is 5.75 Å². The summed E-state index contributed by atoms with van der Waals surface area (Å²) in [6.07, 6.45) is 4.04. The number of aromatic nitrogens is 1. The molecule has 2 N–H and O–H groups in total. The summed E-state index contributed by atoms with van der Waals surface area (Å²) in [7, 11) is 1.64. The van der Waals surface area contributed by atoms with Gasteiger partial charge in [0, 0.05) is 17.0 Å². The number of carbonyl (C=O) groups is 1. The largest absolute Gasteiger partial charge is 0.495 e. The summed E-state index contributed by atoms with van der Waals surface area (Å²) in [6.45, 7) is 2.04. The molecule has 0 bridgehead atoms. The molecule has 2 aromatic rings. The topological polar surface area (TPSA) is 62.3 Å². The molecule has 0 atom stereocenters. The molecule has 0 saturated heterocycles. The van der Waals surface area contributed by atoms with Crippen molar-refractivity contribution in [1.82, 2.24) is 4.98 Å². The van der Waals surface area contributed by atoms with E-state index in [0.717, 1.165) is 40.6 Å². The summed E-state index contributed by atoms with van der Waals surface area (Å²) < 4.78 is 5.43. The van der Waals surface area contributed by atoms with Crippen molar-refractivity contribution in [3.63, 3.8) is 0 Å². The maximum Gasteiger partial charge on any atom is 0.304 e. The van der Waals surface area contributed by atoms with Gasteiger partial charge in [0.15, 0.2) is 0 Å². The Kier molecular flexibility index (Phi) is 2.55. The van der Waals surface area contributed by atoms with E-state index in [1.807, 2.05) is 19.2 Å². The van der Waals surface area contributed by atoms with Gasteiger partial charge < -0.3 is 14.8 Å². The number of nitrogens with one attached hydrogen (secondary N) is 1. The van der Waals surface area contributed by atoms with Crippen LogP contribution in [0.2, 0.25) is 0 Å². The molecule has 1 aliphatic rings. The van der Waals surface area contributed by atoms with E-state index in [-0.39, 0.29) is 11.8 Å². The second-order valence-electron chi connectivity index (χ2n) is 5.42. The molecule has 1 fully saturated rings. The third-order valence-electron chi connectivity index (χ3n) is 4.14. The summed E-state index contributed by atoms with van der Waals surface area (Å²) in [5.74, 6) is 0.0552. The van der Waals surface area contributed by atoms with Gasteiger partial charge >= 0.3 is 5.97 Å². The fourth-order valence-corrected chi connectivity index (χ4v) is 2.81. The van der Waals surface area contributed by atoms with E-state index in [4.69, 9.17) is 9.84 Å². The van der Waals surface area contributed by atoms with Gasteiger partial charge in [0.25, 0.3) is 0 Å². The predicted molar refractivity (Wildman–Crippen MR) is 72.8 cm³/mol. The lowest BCUT2D eigenvalue weighted by molar-refractivity contribution is -0.137. The molecule has 0 unspecified atom stereocenters. The molecule has 1 heterocycles. The lowest BCUT2D eigenvalue weighted by Crippen LogP contribution is -2.13. The first-order valence-corrected chi connectivity index (χ1v) is 6.44. The zero-order chi connectivity index (χ0) is 13.6. The van der Waals surface area contributed by atoms with Crippen molar-refractivity contribution >= 4 is 16.9 Å². The van der Waals surface area contributed by atoms with Crippen LogP contribution in [0.1, 0.15) is 30.4 Å². The molecule has 1 aliphatic carbocycles. The van der Waals surface area contributed by atoms with Crippen LogP contribution < -0.4 is 4.74 Å². The number of carboxylic acid groups (broad SMARTS) is 1. The van der Waals surface area contributed by atoms with Crippen LogP contribution in [0.15, 0.2) is 18.3 Å². The van der Waals surface area contributed by atoms with Crippen molar-refractivity contribution in [2.45, 2.75) is 31.6 Å². The molecule has 19 heavy (non-hydrogen) atoms. The Morgan fingerprint density at radius 1 is 1.47 bits per heavy atom. The Morgan fingerprint density at radius 2 is 2.21 bits per heavy atom. The fourth-order valence-electron chi connectivity index (χ4n) is 2.81. The second-order valence-corrected chi connectivity index (χ2v) is 5.42. The van der Waals surface area contributed by atoms with Crippen LogP contribution in [-0.2, 0) is 10.2 Å². The summed E-state index contributed by atoms with van der Waals surface area (Å²) in [6, 6.07) is 4.09. The average Bonchev–Trinajstić information content (AvgIpc) is 3.05. The molecule has 1 saturated carbocycles. The van der Waals surface area contributed by atoms with Gasteiger partial charge in [-0.05, 0) is 43.0 Å². The van der Waals surface area contributed by atoms with Crippen molar-refractivity contribution in [2.75, 3.05) is 7.11 Å². The number of methoxy groups -OCH3 is 1. The highest BCUT2D eigenvalue weighted by Gasteiger charge is 2.46. The first-order chi connectivity index (χ1) is 9.05. The lowest BCUT2D eigenvalue weighted by atomic mass is 9.91. The van der Waals surface area contributed by atoms with Crippen LogP contribution in [0, 0.1) is 6.92 Å². The number of benzene rings is 1. The number of aliphatic carboxylic acids is 1. The summed E-state index contributed by atoms with van der Waals surface area (Å²) in [4.78, 5) is 14.2. The van der Waals surface area contributed by atoms with Gasteiger partial charge in [-0.15, -0.1) is 0 Å². The Bertz CT molecular complexity index is 653. The Balaban J connectivity index is 2.14. The van der Waals surface area contributed by atoms with Gasteiger partial charge in [0.2, 0.25) is 0 Å². The smallest absolute Gasteiger partial charge is 0.304 e. The predicted octanol–water partition coefficient (Wildman–Crippen LogP) is 2.99. The van der Waals surface area contributed by atoms with Crippen LogP contribution in [-0.4, -0.2) is 23.2 Å². The minimum atomic E-state index is -0.734. The third kappa shape index (κ3) is 1.87.